The summed E-state index contributed by atoms with van der Waals surface area (Å²) in [7, 11) is 3.57. The Morgan fingerprint density at radius 1 is 1.00 bits per heavy atom. The Morgan fingerprint density at radius 2 is 1.71 bits per heavy atom. The highest BCUT2D eigenvalue weighted by Crippen LogP contribution is 2.45. The van der Waals surface area contributed by atoms with Crippen LogP contribution in [0.5, 0.6) is 0 Å². The molecule has 6 heteroatoms. The highest BCUT2D eigenvalue weighted by atomic mass is 16.5. The van der Waals surface area contributed by atoms with Crippen molar-refractivity contribution < 1.29 is 14.3 Å². The minimum Gasteiger partial charge on any atom is -0.378 e. The lowest BCUT2D eigenvalue weighted by atomic mass is 9.86. The van der Waals surface area contributed by atoms with Gasteiger partial charge in [0.05, 0.1) is 25.5 Å². The van der Waals surface area contributed by atoms with Crippen molar-refractivity contribution in [2.45, 2.75) is 52.0 Å². The molecule has 0 bridgehead atoms. The summed E-state index contributed by atoms with van der Waals surface area (Å²) < 4.78 is 7.82. The van der Waals surface area contributed by atoms with Crippen molar-refractivity contribution in [1.29, 1.82) is 0 Å². The number of hydrogen-bond donors (Lipinski definition) is 0. The molecule has 0 N–H and O–H groups in total. The van der Waals surface area contributed by atoms with Gasteiger partial charge in [0, 0.05) is 54.8 Å². The largest absolute Gasteiger partial charge is 0.378 e. The van der Waals surface area contributed by atoms with Gasteiger partial charge in [0.15, 0.2) is 0 Å². The summed E-state index contributed by atoms with van der Waals surface area (Å²) in [6.45, 7) is 7.34. The number of amides is 2. The SMILES string of the molecule is CCCC(CCC)c1c2n(c3cc(C(=O)N(C)C)ccc13)CC(C(=O)N1CCOCC1)=Cc1ccccc1-2. The van der Waals surface area contributed by atoms with Crippen molar-refractivity contribution in [1.82, 2.24) is 14.4 Å². The zero-order chi connectivity index (χ0) is 26.8. The van der Waals surface area contributed by atoms with E-state index in [0.29, 0.717) is 44.3 Å². The second-order valence-electron chi connectivity index (χ2n) is 10.7. The Balaban J connectivity index is 1.77. The molecule has 3 heterocycles. The lowest BCUT2D eigenvalue weighted by molar-refractivity contribution is -0.131. The van der Waals surface area contributed by atoms with Crippen LogP contribution in [-0.4, -0.2) is 66.6 Å². The number of rotatable bonds is 7. The summed E-state index contributed by atoms with van der Waals surface area (Å²) in [4.78, 5) is 30.3. The van der Waals surface area contributed by atoms with Crippen LogP contribution in [0.1, 0.15) is 66.9 Å². The molecule has 1 aromatic heterocycles. The minimum atomic E-state index is -0.0168. The lowest BCUT2D eigenvalue weighted by Gasteiger charge is -2.28. The molecule has 2 aromatic carbocycles. The van der Waals surface area contributed by atoms with Gasteiger partial charge in [-0.15, -0.1) is 0 Å². The Labute approximate surface area is 225 Å². The zero-order valence-corrected chi connectivity index (χ0v) is 23.1. The Morgan fingerprint density at radius 3 is 2.39 bits per heavy atom. The van der Waals surface area contributed by atoms with Crippen molar-refractivity contribution in [2.75, 3.05) is 40.4 Å². The number of fused-ring (bicyclic) bond motifs is 5. The van der Waals surface area contributed by atoms with Crippen molar-refractivity contribution >= 4 is 28.8 Å². The fraction of sp³-hybridized carbons (Fsp3) is 0.438. The van der Waals surface area contributed by atoms with Crippen LogP contribution >= 0.6 is 0 Å². The van der Waals surface area contributed by atoms with Crippen LogP contribution in [0, 0.1) is 0 Å². The summed E-state index contributed by atoms with van der Waals surface area (Å²) in [5, 5.41) is 1.19. The third-order valence-corrected chi connectivity index (χ3v) is 7.89. The van der Waals surface area contributed by atoms with Crippen molar-refractivity contribution in [3.63, 3.8) is 0 Å². The monoisotopic (exact) mass is 513 g/mol. The van der Waals surface area contributed by atoms with Gasteiger partial charge in [-0.1, -0.05) is 57.0 Å². The number of benzene rings is 2. The Kier molecular flexibility index (Phi) is 7.70. The summed E-state index contributed by atoms with van der Waals surface area (Å²) in [6.07, 6.45) is 6.50. The van der Waals surface area contributed by atoms with Crippen molar-refractivity contribution in [3.8, 4) is 11.3 Å². The van der Waals surface area contributed by atoms with Gasteiger partial charge in [-0.2, -0.15) is 0 Å². The number of morpholine rings is 1. The van der Waals surface area contributed by atoms with E-state index in [1.165, 1.54) is 16.6 Å². The molecule has 1 fully saturated rings. The Hall–Kier alpha value is -3.38. The first kappa shape index (κ1) is 26.2. The number of nitrogens with zero attached hydrogens (tertiary/aromatic N) is 3. The molecule has 38 heavy (non-hydrogen) atoms. The lowest BCUT2D eigenvalue weighted by Crippen LogP contribution is -2.41. The second kappa shape index (κ2) is 11.2. The zero-order valence-electron chi connectivity index (χ0n) is 23.1. The average molecular weight is 514 g/mol. The fourth-order valence-electron chi connectivity index (χ4n) is 6.11. The highest BCUT2D eigenvalue weighted by molar-refractivity contribution is 6.04. The van der Waals surface area contributed by atoms with E-state index in [1.54, 1.807) is 19.0 Å². The third-order valence-electron chi connectivity index (χ3n) is 7.89. The first-order valence-electron chi connectivity index (χ1n) is 14.0. The van der Waals surface area contributed by atoms with Gasteiger partial charge in [-0.25, -0.2) is 0 Å². The highest BCUT2D eigenvalue weighted by Gasteiger charge is 2.30. The Bertz CT molecular complexity index is 1370. The average Bonchev–Trinajstić information content (AvgIpc) is 3.14. The standard InChI is InChI=1S/C32H39N3O3/c1-5-9-22(10-6-2)29-27-14-13-24(31(36)33(3)4)20-28(27)35-21-25(32(37)34-15-17-38-18-16-34)19-23-11-7-8-12-26(23)30(29)35/h7-8,11-14,19-20,22H,5-6,9-10,15-18,21H2,1-4H3. The molecule has 0 saturated carbocycles. The molecular weight excluding hydrogens is 474 g/mol. The van der Waals surface area contributed by atoms with E-state index in [1.807, 2.05) is 23.1 Å². The molecule has 1 saturated heterocycles. The fourth-order valence-corrected chi connectivity index (χ4v) is 6.11. The van der Waals surface area contributed by atoms with Gasteiger partial charge in [0.2, 0.25) is 0 Å². The third kappa shape index (κ3) is 4.78. The summed E-state index contributed by atoms with van der Waals surface area (Å²) in [5.41, 5.74) is 7.24. The molecule has 2 aliphatic heterocycles. The topological polar surface area (TPSA) is 54.8 Å². The normalized spacial score (nSPS) is 15.2. The van der Waals surface area contributed by atoms with Crippen molar-refractivity contribution in [3.05, 3.63) is 64.7 Å². The maximum absolute atomic E-state index is 13.8. The second-order valence-corrected chi connectivity index (χ2v) is 10.7. The molecular formula is C32H39N3O3. The van der Waals surface area contributed by atoms with Crippen molar-refractivity contribution in [2.24, 2.45) is 0 Å². The summed E-state index contributed by atoms with van der Waals surface area (Å²) >= 11 is 0. The number of carbonyl (C=O) groups excluding carboxylic acids is 2. The van der Waals surface area contributed by atoms with E-state index in [9.17, 15) is 9.59 Å². The van der Waals surface area contributed by atoms with Gasteiger partial charge in [-0.05, 0) is 48.1 Å². The molecule has 3 aromatic rings. The summed E-state index contributed by atoms with van der Waals surface area (Å²) in [6, 6.07) is 14.6. The van der Waals surface area contributed by atoms with E-state index in [2.05, 4.69) is 48.8 Å². The molecule has 200 valence electrons. The number of ether oxygens (including phenoxy) is 1. The minimum absolute atomic E-state index is 0.0168. The first-order chi connectivity index (χ1) is 18.4. The smallest absolute Gasteiger partial charge is 0.253 e. The molecule has 0 spiro atoms. The number of aromatic nitrogens is 1. The molecule has 0 atom stereocenters. The van der Waals surface area contributed by atoms with Gasteiger partial charge in [0.1, 0.15) is 0 Å². The molecule has 5 rings (SSSR count). The van der Waals surface area contributed by atoms with E-state index >= 15 is 0 Å². The van der Waals surface area contributed by atoms with E-state index in [-0.39, 0.29) is 11.8 Å². The molecule has 6 nitrogen and oxygen atoms in total. The quantitative estimate of drug-likeness (QED) is 0.392. The molecule has 2 aliphatic rings. The van der Waals surface area contributed by atoms with Gasteiger partial charge in [-0.3, -0.25) is 9.59 Å². The summed E-state index contributed by atoms with van der Waals surface area (Å²) in [5.74, 6) is 0.457. The first-order valence-corrected chi connectivity index (χ1v) is 14.0. The van der Waals surface area contributed by atoms with Gasteiger partial charge >= 0.3 is 0 Å². The van der Waals surface area contributed by atoms with Crippen LogP contribution < -0.4 is 0 Å². The molecule has 0 aliphatic carbocycles. The maximum atomic E-state index is 13.8. The van der Waals surface area contributed by atoms with Crippen LogP contribution in [0.15, 0.2) is 48.0 Å². The number of carbonyl (C=O) groups is 2. The van der Waals surface area contributed by atoms with Crippen LogP contribution in [0.4, 0.5) is 0 Å². The maximum Gasteiger partial charge on any atom is 0.253 e. The van der Waals surface area contributed by atoms with E-state index < -0.39 is 0 Å². The van der Waals surface area contributed by atoms with E-state index in [4.69, 9.17) is 4.74 Å². The van der Waals surface area contributed by atoms with Crippen LogP contribution in [0.3, 0.4) is 0 Å². The number of hydrogen-bond acceptors (Lipinski definition) is 3. The molecule has 2 amide bonds. The predicted octanol–water partition coefficient (Wildman–Crippen LogP) is 5.95. The van der Waals surface area contributed by atoms with Gasteiger partial charge < -0.3 is 19.1 Å². The predicted molar refractivity (Wildman–Crippen MR) is 153 cm³/mol. The van der Waals surface area contributed by atoms with Crippen LogP contribution in [-0.2, 0) is 16.1 Å². The van der Waals surface area contributed by atoms with E-state index in [0.717, 1.165) is 47.9 Å². The van der Waals surface area contributed by atoms with Crippen LogP contribution in [0.2, 0.25) is 0 Å². The van der Waals surface area contributed by atoms with Gasteiger partial charge in [0.25, 0.3) is 11.8 Å². The van der Waals surface area contributed by atoms with Crippen LogP contribution in [0.25, 0.3) is 28.2 Å². The molecule has 0 radical (unpaired) electrons. The molecule has 0 unspecified atom stereocenters.